The maximum absolute atomic E-state index is 12.8. The van der Waals surface area contributed by atoms with E-state index in [4.69, 9.17) is 0 Å². The largest absolute Gasteiger partial charge is 0.337 e. The molecule has 3 atom stereocenters. The molecular formula is C17H21N3O2S. The number of anilines is 1. The fourth-order valence-electron chi connectivity index (χ4n) is 3.65. The number of carbonyl (C=O) groups excluding carboxylic acids is 2. The van der Waals surface area contributed by atoms with Crippen molar-refractivity contribution in [3.63, 3.8) is 0 Å². The second-order valence-electron chi connectivity index (χ2n) is 6.64. The van der Waals surface area contributed by atoms with Crippen molar-refractivity contribution in [3.8, 4) is 0 Å². The molecule has 1 aromatic rings. The molecule has 3 heterocycles. The van der Waals surface area contributed by atoms with Crippen LogP contribution >= 0.6 is 11.8 Å². The standard InChI is InChI=1S/C17H21N3O2S/c1-10-16(21)19-14-8-11(2-5-15(14)23-10)17(22)20-7-6-12-3-4-13(9-20)18-12/h2,5,8,10,12-13,18H,3-4,6-7,9H2,1H3,(H,19,21). The molecule has 2 amide bonds. The normalized spacial score (nSPS) is 29.7. The van der Waals surface area contributed by atoms with E-state index in [1.54, 1.807) is 11.8 Å². The van der Waals surface area contributed by atoms with Gasteiger partial charge >= 0.3 is 0 Å². The number of fused-ring (bicyclic) bond motifs is 3. The number of rotatable bonds is 1. The molecule has 4 rings (SSSR count). The Balaban J connectivity index is 1.55. The van der Waals surface area contributed by atoms with Gasteiger partial charge in [-0.2, -0.15) is 0 Å². The van der Waals surface area contributed by atoms with E-state index in [0.717, 1.165) is 36.5 Å². The Hall–Kier alpha value is -1.53. The highest BCUT2D eigenvalue weighted by Gasteiger charge is 2.32. The first-order chi connectivity index (χ1) is 11.1. The monoisotopic (exact) mass is 331 g/mol. The topological polar surface area (TPSA) is 61.4 Å². The Labute approximate surface area is 140 Å². The summed E-state index contributed by atoms with van der Waals surface area (Å²) in [4.78, 5) is 27.7. The highest BCUT2D eigenvalue weighted by molar-refractivity contribution is 8.00. The Morgan fingerprint density at radius 3 is 2.96 bits per heavy atom. The number of nitrogens with zero attached hydrogens (tertiary/aromatic N) is 1. The lowest BCUT2D eigenvalue weighted by atomic mass is 10.1. The average molecular weight is 331 g/mol. The Kier molecular flexibility index (Phi) is 3.81. The van der Waals surface area contributed by atoms with Crippen molar-refractivity contribution < 1.29 is 9.59 Å². The van der Waals surface area contributed by atoms with Crippen molar-refractivity contribution >= 4 is 29.3 Å². The summed E-state index contributed by atoms with van der Waals surface area (Å²) in [6.45, 7) is 3.48. The predicted molar refractivity (Wildman–Crippen MR) is 90.9 cm³/mol. The molecule has 2 saturated heterocycles. The van der Waals surface area contributed by atoms with Gasteiger partial charge < -0.3 is 15.5 Å². The van der Waals surface area contributed by atoms with Gasteiger partial charge in [-0.1, -0.05) is 0 Å². The van der Waals surface area contributed by atoms with Crippen molar-refractivity contribution in [2.75, 3.05) is 18.4 Å². The molecule has 0 spiro atoms. The second kappa shape index (κ2) is 5.83. The molecule has 0 aliphatic carbocycles. The summed E-state index contributed by atoms with van der Waals surface area (Å²) in [6.07, 6.45) is 3.41. The smallest absolute Gasteiger partial charge is 0.253 e. The molecule has 3 unspecified atom stereocenters. The molecule has 2 N–H and O–H groups in total. The number of benzene rings is 1. The molecule has 23 heavy (non-hydrogen) atoms. The highest BCUT2D eigenvalue weighted by atomic mass is 32.2. The first-order valence-electron chi connectivity index (χ1n) is 8.27. The summed E-state index contributed by atoms with van der Waals surface area (Å²) in [5.74, 6) is 0.0726. The maximum Gasteiger partial charge on any atom is 0.253 e. The van der Waals surface area contributed by atoms with Gasteiger partial charge in [0.15, 0.2) is 0 Å². The SMILES string of the molecule is CC1Sc2ccc(C(=O)N3CCC4CCC(C3)N4)cc2NC1=O. The lowest BCUT2D eigenvalue weighted by Gasteiger charge is -2.26. The average Bonchev–Trinajstić information content (AvgIpc) is 2.86. The summed E-state index contributed by atoms with van der Waals surface area (Å²) in [6, 6.07) is 6.66. The van der Waals surface area contributed by atoms with Crippen molar-refractivity contribution in [1.29, 1.82) is 0 Å². The predicted octanol–water partition coefficient (Wildman–Crippen LogP) is 2.09. The molecule has 5 nitrogen and oxygen atoms in total. The summed E-state index contributed by atoms with van der Waals surface area (Å²) in [5, 5.41) is 6.41. The van der Waals surface area contributed by atoms with E-state index in [1.807, 2.05) is 30.0 Å². The van der Waals surface area contributed by atoms with Gasteiger partial charge in [0.2, 0.25) is 5.91 Å². The van der Waals surface area contributed by atoms with Crippen LogP contribution in [0.25, 0.3) is 0 Å². The Morgan fingerprint density at radius 1 is 1.26 bits per heavy atom. The van der Waals surface area contributed by atoms with Crippen LogP contribution in [0.3, 0.4) is 0 Å². The van der Waals surface area contributed by atoms with Crippen LogP contribution in [0.15, 0.2) is 23.1 Å². The van der Waals surface area contributed by atoms with Gasteiger partial charge in [0.1, 0.15) is 0 Å². The van der Waals surface area contributed by atoms with Gasteiger partial charge in [0, 0.05) is 35.6 Å². The third-order valence-electron chi connectivity index (χ3n) is 4.97. The van der Waals surface area contributed by atoms with Crippen molar-refractivity contribution in [2.24, 2.45) is 0 Å². The zero-order chi connectivity index (χ0) is 16.0. The number of hydrogen-bond donors (Lipinski definition) is 2. The van der Waals surface area contributed by atoms with E-state index in [9.17, 15) is 9.59 Å². The third kappa shape index (κ3) is 2.85. The van der Waals surface area contributed by atoms with E-state index in [1.165, 1.54) is 6.42 Å². The van der Waals surface area contributed by atoms with Gasteiger partial charge in [0.05, 0.1) is 10.9 Å². The number of carbonyl (C=O) groups is 2. The molecule has 2 fully saturated rings. The van der Waals surface area contributed by atoms with Gasteiger partial charge in [-0.15, -0.1) is 11.8 Å². The minimum absolute atomic E-state index is 0.00313. The fraction of sp³-hybridized carbons (Fsp3) is 0.529. The number of thioether (sulfide) groups is 1. The summed E-state index contributed by atoms with van der Waals surface area (Å²) >= 11 is 1.54. The third-order valence-corrected chi connectivity index (χ3v) is 6.15. The van der Waals surface area contributed by atoms with E-state index in [0.29, 0.717) is 17.6 Å². The molecular weight excluding hydrogens is 310 g/mol. The molecule has 0 saturated carbocycles. The molecule has 0 aromatic heterocycles. The van der Waals surface area contributed by atoms with Crippen molar-refractivity contribution in [2.45, 2.75) is 48.4 Å². The van der Waals surface area contributed by atoms with Gasteiger partial charge in [-0.25, -0.2) is 0 Å². The van der Waals surface area contributed by atoms with E-state index in [-0.39, 0.29) is 17.1 Å². The number of likely N-dealkylation sites (tertiary alicyclic amines) is 1. The van der Waals surface area contributed by atoms with Crippen LogP contribution in [0.4, 0.5) is 5.69 Å². The van der Waals surface area contributed by atoms with E-state index < -0.39 is 0 Å². The molecule has 2 bridgehead atoms. The fourth-order valence-corrected chi connectivity index (χ4v) is 4.58. The van der Waals surface area contributed by atoms with Crippen LogP contribution < -0.4 is 10.6 Å². The molecule has 122 valence electrons. The van der Waals surface area contributed by atoms with Crippen LogP contribution in [0, 0.1) is 0 Å². The number of nitrogens with one attached hydrogen (secondary N) is 2. The quantitative estimate of drug-likeness (QED) is 0.827. The lowest BCUT2D eigenvalue weighted by molar-refractivity contribution is -0.115. The molecule has 6 heteroatoms. The summed E-state index contributed by atoms with van der Waals surface area (Å²) in [5.41, 5.74) is 1.43. The molecule has 3 aliphatic heterocycles. The summed E-state index contributed by atoms with van der Waals surface area (Å²) < 4.78 is 0. The van der Waals surface area contributed by atoms with Crippen LogP contribution in [0.1, 0.15) is 36.5 Å². The van der Waals surface area contributed by atoms with E-state index in [2.05, 4.69) is 10.6 Å². The minimum atomic E-state index is -0.0868. The van der Waals surface area contributed by atoms with Crippen LogP contribution in [-0.4, -0.2) is 47.1 Å². The van der Waals surface area contributed by atoms with E-state index >= 15 is 0 Å². The van der Waals surface area contributed by atoms with Crippen LogP contribution in [0.5, 0.6) is 0 Å². The first kappa shape index (κ1) is 15.0. The van der Waals surface area contributed by atoms with Crippen molar-refractivity contribution in [1.82, 2.24) is 10.2 Å². The zero-order valence-corrected chi connectivity index (χ0v) is 14.0. The maximum atomic E-state index is 12.8. The summed E-state index contributed by atoms with van der Waals surface area (Å²) in [7, 11) is 0. The van der Waals surface area contributed by atoms with Crippen molar-refractivity contribution in [3.05, 3.63) is 23.8 Å². The van der Waals surface area contributed by atoms with Gasteiger partial charge in [0.25, 0.3) is 5.91 Å². The van der Waals surface area contributed by atoms with Gasteiger partial charge in [-0.05, 0) is 44.4 Å². The van der Waals surface area contributed by atoms with Gasteiger partial charge in [-0.3, -0.25) is 9.59 Å². The van der Waals surface area contributed by atoms with Crippen LogP contribution in [0.2, 0.25) is 0 Å². The van der Waals surface area contributed by atoms with Crippen LogP contribution in [-0.2, 0) is 4.79 Å². The highest BCUT2D eigenvalue weighted by Crippen LogP contribution is 2.36. The zero-order valence-electron chi connectivity index (χ0n) is 13.2. The molecule has 1 aromatic carbocycles. The number of amides is 2. The number of hydrogen-bond acceptors (Lipinski definition) is 4. The lowest BCUT2D eigenvalue weighted by Crippen LogP contribution is -2.39. The first-order valence-corrected chi connectivity index (χ1v) is 9.15. The second-order valence-corrected chi connectivity index (χ2v) is 8.02. The Bertz CT molecular complexity index is 663. The Morgan fingerprint density at radius 2 is 2.09 bits per heavy atom. The molecule has 3 aliphatic rings. The minimum Gasteiger partial charge on any atom is -0.337 e. The molecule has 0 radical (unpaired) electrons.